The van der Waals surface area contributed by atoms with Crippen LogP contribution in [0.1, 0.15) is 31.5 Å². The van der Waals surface area contributed by atoms with Crippen LogP contribution in [0.5, 0.6) is 0 Å². The van der Waals surface area contributed by atoms with Gasteiger partial charge in [0.2, 0.25) is 11.8 Å². The lowest BCUT2D eigenvalue weighted by Crippen LogP contribution is -2.40. The molecule has 1 aromatic heterocycles. The SMILES string of the molecule is [C-]#[N+][C@]1(c2ccc(-c3ccc4c(c3)C[C@H]3[C@H](CNC(C)=O)OC(=O)N43)cn2)[C@@H]2CN(C(=O)CC)C[C@@H]21. The number of hydrogen-bond acceptors (Lipinski definition) is 5. The Morgan fingerprint density at radius 2 is 1.97 bits per heavy atom. The van der Waals surface area contributed by atoms with Crippen molar-refractivity contribution in [1.29, 1.82) is 0 Å². The number of cyclic esters (lactones) is 1. The predicted molar refractivity (Wildman–Crippen MR) is 131 cm³/mol. The molecule has 0 unspecified atom stereocenters. The predicted octanol–water partition coefficient (Wildman–Crippen LogP) is 2.75. The molecule has 9 nitrogen and oxygen atoms in total. The largest absolute Gasteiger partial charge is 0.442 e. The Morgan fingerprint density at radius 1 is 1.22 bits per heavy atom. The maximum Gasteiger partial charge on any atom is 0.415 e. The van der Waals surface area contributed by atoms with Crippen LogP contribution >= 0.6 is 0 Å². The number of carbonyl (C=O) groups is 3. The highest BCUT2D eigenvalue weighted by molar-refractivity contribution is 5.94. The molecule has 5 atom stereocenters. The number of anilines is 1. The number of nitrogens with zero attached hydrogens (tertiary/aromatic N) is 4. The van der Waals surface area contributed by atoms with Crippen LogP contribution in [0, 0.1) is 18.4 Å². The van der Waals surface area contributed by atoms with Crippen molar-refractivity contribution in [2.45, 2.75) is 44.4 Å². The minimum atomic E-state index is -0.616. The Bertz CT molecular complexity index is 1300. The van der Waals surface area contributed by atoms with Gasteiger partial charge in [-0.1, -0.05) is 19.1 Å². The second-order valence-electron chi connectivity index (χ2n) is 10.1. The molecule has 4 heterocycles. The van der Waals surface area contributed by atoms with Crippen molar-refractivity contribution < 1.29 is 19.1 Å². The average molecular weight is 486 g/mol. The summed E-state index contributed by atoms with van der Waals surface area (Å²) in [5.74, 6) is 0.306. The number of carbonyl (C=O) groups excluding carboxylic acids is 3. The van der Waals surface area contributed by atoms with Crippen molar-refractivity contribution in [3.8, 4) is 11.1 Å². The summed E-state index contributed by atoms with van der Waals surface area (Å²) in [5, 5.41) is 2.75. The van der Waals surface area contributed by atoms with Crippen molar-refractivity contribution >= 4 is 23.6 Å². The highest BCUT2D eigenvalue weighted by atomic mass is 16.6. The maximum atomic E-state index is 12.5. The molecule has 3 fully saturated rings. The molecule has 2 aromatic rings. The van der Waals surface area contributed by atoms with Gasteiger partial charge in [-0.15, -0.1) is 0 Å². The second kappa shape index (κ2) is 8.05. The number of piperidine rings is 1. The van der Waals surface area contributed by atoms with Crippen LogP contribution in [0.15, 0.2) is 36.5 Å². The summed E-state index contributed by atoms with van der Waals surface area (Å²) in [6, 6.07) is 9.80. The number of pyridine rings is 1. The summed E-state index contributed by atoms with van der Waals surface area (Å²) in [7, 11) is 0. The van der Waals surface area contributed by atoms with Gasteiger partial charge >= 0.3 is 6.09 Å². The molecule has 0 bridgehead atoms. The van der Waals surface area contributed by atoms with Crippen molar-refractivity contribution in [3.63, 3.8) is 0 Å². The number of aromatic nitrogens is 1. The molecule has 0 radical (unpaired) electrons. The second-order valence-corrected chi connectivity index (χ2v) is 10.1. The van der Waals surface area contributed by atoms with Crippen molar-refractivity contribution in [1.82, 2.24) is 15.2 Å². The summed E-state index contributed by atoms with van der Waals surface area (Å²) >= 11 is 0. The standard InChI is InChI=1S/C27H27N5O4/c1-4-25(34)31-13-19-20(14-31)27(19,28-3)24-8-6-17(11-30-24)16-5-7-21-18(9-16)10-22-23(12-29-15(2)33)36-26(35)32(21)22/h5-9,11,19-20,22-23H,4,10,12-14H2,1-2H3,(H,29,33)/t19-,20+,22-,23-,27-/m0/s1. The van der Waals surface area contributed by atoms with Gasteiger partial charge in [0.1, 0.15) is 11.8 Å². The van der Waals surface area contributed by atoms with E-state index in [2.05, 4.69) is 16.2 Å². The van der Waals surface area contributed by atoms with Crippen molar-refractivity contribution in [3.05, 3.63) is 59.2 Å². The number of benzene rings is 1. The van der Waals surface area contributed by atoms with E-state index < -0.39 is 5.54 Å². The molecule has 4 aliphatic rings. The number of ether oxygens (including phenoxy) is 1. The molecule has 0 spiro atoms. The summed E-state index contributed by atoms with van der Waals surface area (Å²) in [6.07, 6.45) is 2.20. The molecule has 2 saturated heterocycles. The summed E-state index contributed by atoms with van der Waals surface area (Å²) in [5.41, 5.74) is 4.00. The van der Waals surface area contributed by atoms with E-state index in [1.807, 2.05) is 42.3 Å². The summed E-state index contributed by atoms with van der Waals surface area (Å²) in [4.78, 5) is 48.1. The number of likely N-dealkylation sites (tertiary alicyclic amines) is 1. The molecule has 184 valence electrons. The van der Waals surface area contributed by atoms with E-state index in [4.69, 9.17) is 16.3 Å². The number of amides is 3. The number of rotatable bonds is 5. The van der Waals surface area contributed by atoms with Gasteiger partial charge in [-0.25, -0.2) is 11.4 Å². The fourth-order valence-corrected chi connectivity index (χ4v) is 6.31. The fourth-order valence-electron chi connectivity index (χ4n) is 6.31. The molecule has 3 aliphatic heterocycles. The van der Waals surface area contributed by atoms with Crippen LogP contribution in [0.3, 0.4) is 0 Å². The smallest absolute Gasteiger partial charge is 0.415 e. The zero-order valence-electron chi connectivity index (χ0n) is 20.2. The lowest BCUT2D eigenvalue weighted by Gasteiger charge is -2.20. The van der Waals surface area contributed by atoms with Crippen LogP contribution < -0.4 is 10.2 Å². The van der Waals surface area contributed by atoms with E-state index >= 15 is 0 Å². The van der Waals surface area contributed by atoms with Crippen LogP contribution in [0.2, 0.25) is 0 Å². The third-order valence-corrected chi connectivity index (χ3v) is 8.22. The first-order valence-corrected chi connectivity index (χ1v) is 12.4. The normalized spacial score (nSPS) is 29.2. The average Bonchev–Trinajstić information content (AvgIpc) is 3.26. The molecule has 36 heavy (non-hydrogen) atoms. The summed E-state index contributed by atoms with van der Waals surface area (Å²) in [6.45, 7) is 12.8. The first-order valence-electron chi connectivity index (χ1n) is 12.4. The van der Waals surface area contributed by atoms with Gasteiger partial charge in [-0.3, -0.25) is 19.5 Å². The Balaban J connectivity index is 1.20. The van der Waals surface area contributed by atoms with E-state index in [9.17, 15) is 14.4 Å². The van der Waals surface area contributed by atoms with Crippen molar-refractivity contribution in [2.75, 3.05) is 24.5 Å². The third-order valence-electron chi connectivity index (χ3n) is 8.22. The molecule has 1 aromatic carbocycles. The van der Waals surface area contributed by atoms with Gasteiger partial charge in [0.25, 0.3) is 5.54 Å². The van der Waals surface area contributed by atoms with Crippen molar-refractivity contribution in [2.24, 2.45) is 11.8 Å². The first-order chi connectivity index (χ1) is 17.4. The molecule has 1 aliphatic carbocycles. The molecule has 3 amide bonds. The van der Waals surface area contributed by atoms with E-state index in [1.54, 1.807) is 4.90 Å². The Kier molecular flexibility index (Phi) is 5.04. The monoisotopic (exact) mass is 485 g/mol. The molecular formula is C27H27N5O4. The molecule has 1 N–H and O–H groups in total. The number of nitrogens with one attached hydrogen (secondary N) is 1. The van der Waals surface area contributed by atoms with E-state index in [0.29, 0.717) is 32.5 Å². The highest BCUT2D eigenvalue weighted by Gasteiger charge is 2.78. The lowest BCUT2D eigenvalue weighted by molar-refractivity contribution is -0.130. The highest BCUT2D eigenvalue weighted by Crippen LogP contribution is 2.64. The molecule has 6 rings (SSSR count). The van der Waals surface area contributed by atoms with Gasteiger partial charge in [-0.05, 0) is 35.7 Å². The van der Waals surface area contributed by atoms with Crippen LogP contribution in [-0.4, -0.2) is 59.6 Å². The zero-order chi connectivity index (χ0) is 25.2. The van der Waals surface area contributed by atoms with Crippen LogP contribution in [-0.2, 0) is 26.3 Å². The minimum absolute atomic E-state index is 0.137. The Morgan fingerprint density at radius 3 is 2.61 bits per heavy atom. The van der Waals surface area contributed by atoms with Crippen LogP contribution in [0.4, 0.5) is 10.5 Å². The van der Waals surface area contributed by atoms with Gasteiger partial charge in [-0.2, -0.15) is 0 Å². The topological polar surface area (TPSA) is 96.2 Å². The van der Waals surface area contributed by atoms with Gasteiger partial charge in [0.15, 0.2) is 0 Å². The van der Waals surface area contributed by atoms with E-state index in [-0.39, 0.29) is 41.9 Å². The number of fused-ring (bicyclic) bond motifs is 4. The maximum absolute atomic E-state index is 12.5. The van der Waals surface area contributed by atoms with Gasteiger partial charge in [0, 0.05) is 38.2 Å². The quantitative estimate of drug-likeness (QED) is 0.657. The third kappa shape index (κ3) is 3.20. The molecule has 9 heteroatoms. The fraction of sp³-hybridized carbons (Fsp3) is 0.444. The summed E-state index contributed by atoms with van der Waals surface area (Å²) < 4.78 is 5.49. The van der Waals surface area contributed by atoms with E-state index in [1.165, 1.54) is 6.92 Å². The lowest BCUT2D eigenvalue weighted by atomic mass is 9.99. The first kappa shape index (κ1) is 22.5. The number of hydrogen-bond donors (Lipinski definition) is 1. The Labute approximate surface area is 209 Å². The van der Waals surface area contributed by atoms with Gasteiger partial charge in [0.05, 0.1) is 30.1 Å². The van der Waals surface area contributed by atoms with Crippen LogP contribution in [0.25, 0.3) is 16.0 Å². The molecule has 1 saturated carbocycles. The van der Waals surface area contributed by atoms with E-state index in [0.717, 1.165) is 28.1 Å². The minimum Gasteiger partial charge on any atom is -0.442 e. The zero-order valence-corrected chi connectivity index (χ0v) is 20.2. The Hall–Kier alpha value is -3.93. The van der Waals surface area contributed by atoms with Gasteiger partial charge < -0.3 is 19.8 Å². The molecular weight excluding hydrogens is 458 g/mol.